The van der Waals surface area contributed by atoms with Crippen molar-refractivity contribution in [3.05, 3.63) is 95.6 Å². The van der Waals surface area contributed by atoms with E-state index < -0.39 is 17.5 Å². The van der Waals surface area contributed by atoms with E-state index in [4.69, 9.17) is 0 Å². The van der Waals surface area contributed by atoms with Crippen LogP contribution in [0.3, 0.4) is 0 Å². The standard InChI is InChI=1S/C25H23F2N3O2/c26-19-8-11-22(23(27)17-19)25(32)28-20-9-6-18(7-10-20)16-24(31)30-14-12-29(13-15-30)21-4-2-1-3-5-21/h1-11,17H,12-16H2,(H,28,32). The summed E-state index contributed by atoms with van der Waals surface area (Å²) in [6.45, 7) is 2.93. The van der Waals surface area contributed by atoms with Crippen LogP contribution < -0.4 is 10.2 Å². The predicted molar refractivity (Wildman–Crippen MR) is 120 cm³/mol. The maximum Gasteiger partial charge on any atom is 0.258 e. The van der Waals surface area contributed by atoms with Crippen molar-refractivity contribution < 1.29 is 18.4 Å². The minimum absolute atomic E-state index is 0.0582. The van der Waals surface area contributed by atoms with Crippen LogP contribution in [0.25, 0.3) is 0 Å². The van der Waals surface area contributed by atoms with Crippen LogP contribution >= 0.6 is 0 Å². The van der Waals surface area contributed by atoms with Gasteiger partial charge in [-0.2, -0.15) is 0 Å². The van der Waals surface area contributed by atoms with Crippen molar-refractivity contribution in [1.82, 2.24) is 4.90 Å². The summed E-state index contributed by atoms with van der Waals surface area (Å²) in [4.78, 5) is 29.0. The highest BCUT2D eigenvalue weighted by molar-refractivity contribution is 6.04. The number of halogens is 2. The second kappa shape index (κ2) is 9.60. The summed E-state index contributed by atoms with van der Waals surface area (Å²) in [5.41, 5.74) is 2.22. The average Bonchev–Trinajstić information content (AvgIpc) is 2.81. The van der Waals surface area contributed by atoms with Crippen LogP contribution in [0.4, 0.5) is 20.2 Å². The number of para-hydroxylation sites is 1. The minimum Gasteiger partial charge on any atom is -0.368 e. The van der Waals surface area contributed by atoms with Gasteiger partial charge in [-0.1, -0.05) is 30.3 Å². The van der Waals surface area contributed by atoms with Gasteiger partial charge in [-0.05, 0) is 42.0 Å². The lowest BCUT2D eigenvalue weighted by atomic mass is 10.1. The van der Waals surface area contributed by atoms with Crippen LogP contribution in [-0.4, -0.2) is 42.9 Å². The number of nitrogens with one attached hydrogen (secondary N) is 1. The Kier molecular flexibility index (Phi) is 6.44. The summed E-state index contributed by atoms with van der Waals surface area (Å²) >= 11 is 0. The van der Waals surface area contributed by atoms with Crippen LogP contribution in [0.2, 0.25) is 0 Å². The van der Waals surface area contributed by atoms with Crippen LogP contribution in [0.15, 0.2) is 72.8 Å². The summed E-state index contributed by atoms with van der Waals surface area (Å²) in [5, 5.41) is 2.58. The van der Waals surface area contributed by atoms with Crippen molar-refractivity contribution in [2.24, 2.45) is 0 Å². The van der Waals surface area contributed by atoms with E-state index in [1.807, 2.05) is 23.1 Å². The van der Waals surface area contributed by atoms with Crippen LogP contribution in [0, 0.1) is 11.6 Å². The molecule has 0 aliphatic carbocycles. The van der Waals surface area contributed by atoms with Gasteiger partial charge in [0.2, 0.25) is 5.91 Å². The molecule has 0 atom stereocenters. The summed E-state index contributed by atoms with van der Waals surface area (Å²) in [5.74, 6) is -2.27. The Hall–Kier alpha value is -3.74. The number of nitrogens with zero attached hydrogens (tertiary/aromatic N) is 2. The quantitative estimate of drug-likeness (QED) is 0.656. The lowest BCUT2D eigenvalue weighted by molar-refractivity contribution is -0.130. The number of hydrogen-bond acceptors (Lipinski definition) is 3. The highest BCUT2D eigenvalue weighted by atomic mass is 19.1. The van der Waals surface area contributed by atoms with Gasteiger partial charge in [0.15, 0.2) is 0 Å². The SMILES string of the molecule is O=C(Nc1ccc(CC(=O)N2CCN(c3ccccc3)CC2)cc1)c1ccc(F)cc1F. The lowest BCUT2D eigenvalue weighted by Gasteiger charge is -2.36. The molecule has 1 saturated heterocycles. The monoisotopic (exact) mass is 435 g/mol. The van der Waals surface area contributed by atoms with Gasteiger partial charge in [0.25, 0.3) is 5.91 Å². The fourth-order valence-corrected chi connectivity index (χ4v) is 3.72. The third-order valence-corrected chi connectivity index (χ3v) is 5.50. The Morgan fingerprint density at radius 2 is 1.53 bits per heavy atom. The Bertz CT molecular complexity index is 1100. The topological polar surface area (TPSA) is 52.7 Å². The molecule has 0 spiro atoms. The number of hydrogen-bond donors (Lipinski definition) is 1. The zero-order valence-corrected chi connectivity index (χ0v) is 17.4. The van der Waals surface area contributed by atoms with E-state index in [2.05, 4.69) is 22.3 Å². The van der Waals surface area contributed by atoms with Crippen molar-refractivity contribution in [3.8, 4) is 0 Å². The Labute approximate surface area is 185 Å². The average molecular weight is 435 g/mol. The van der Waals surface area contributed by atoms with Crippen molar-refractivity contribution in [1.29, 1.82) is 0 Å². The highest BCUT2D eigenvalue weighted by Crippen LogP contribution is 2.18. The zero-order chi connectivity index (χ0) is 22.5. The number of carbonyl (C=O) groups is 2. The molecular formula is C25H23F2N3O2. The number of anilines is 2. The molecule has 3 aromatic carbocycles. The Balaban J connectivity index is 1.30. The van der Waals surface area contributed by atoms with Gasteiger partial charge in [-0.15, -0.1) is 0 Å². The van der Waals surface area contributed by atoms with Gasteiger partial charge >= 0.3 is 0 Å². The number of piperazine rings is 1. The molecule has 164 valence electrons. The molecule has 0 bridgehead atoms. The molecule has 0 aromatic heterocycles. The van der Waals surface area contributed by atoms with E-state index in [0.29, 0.717) is 24.8 Å². The number of amides is 2. The van der Waals surface area contributed by atoms with Gasteiger partial charge in [0.1, 0.15) is 11.6 Å². The molecule has 5 nitrogen and oxygen atoms in total. The molecule has 1 heterocycles. The van der Waals surface area contributed by atoms with E-state index >= 15 is 0 Å². The van der Waals surface area contributed by atoms with Crippen LogP contribution in [-0.2, 0) is 11.2 Å². The molecule has 7 heteroatoms. The van der Waals surface area contributed by atoms with Gasteiger partial charge < -0.3 is 15.1 Å². The maximum absolute atomic E-state index is 13.8. The lowest BCUT2D eigenvalue weighted by Crippen LogP contribution is -2.49. The Morgan fingerprint density at radius 3 is 2.19 bits per heavy atom. The summed E-state index contributed by atoms with van der Waals surface area (Å²) in [6.07, 6.45) is 0.270. The van der Waals surface area contributed by atoms with Gasteiger partial charge in [-0.25, -0.2) is 8.78 Å². The first-order valence-corrected chi connectivity index (χ1v) is 10.4. The first-order valence-electron chi connectivity index (χ1n) is 10.4. The molecule has 3 aromatic rings. The minimum atomic E-state index is -0.919. The number of benzene rings is 3. The molecule has 1 aliphatic heterocycles. The normalized spacial score (nSPS) is 13.7. The van der Waals surface area contributed by atoms with E-state index in [1.165, 1.54) is 0 Å². The molecular weight excluding hydrogens is 412 g/mol. The number of rotatable bonds is 5. The Morgan fingerprint density at radius 1 is 0.844 bits per heavy atom. The van der Waals surface area contributed by atoms with E-state index in [0.717, 1.165) is 36.5 Å². The van der Waals surface area contributed by atoms with E-state index in [9.17, 15) is 18.4 Å². The summed E-state index contributed by atoms with van der Waals surface area (Å²) in [6, 6.07) is 19.8. The van der Waals surface area contributed by atoms with Crippen molar-refractivity contribution in [2.45, 2.75) is 6.42 Å². The first-order chi connectivity index (χ1) is 15.5. The second-order valence-electron chi connectivity index (χ2n) is 7.66. The fraction of sp³-hybridized carbons (Fsp3) is 0.200. The van der Waals surface area contributed by atoms with E-state index in [1.54, 1.807) is 24.3 Å². The molecule has 0 unspecified atom stereocenters. The smallest absolute Gasteiger partial charge is 0.258 e. The van der Waals surface area contributed by atoms with E-state index in [-0.39, 0.29) is 17.9 Å². The largest absolute Gasteiger partial charge is 0.368 e. The molecule has 1 N–H and O–H groups in total. The number of carbonyl (C=O) groups excluding carboxylic acids is 2. The van der Waals surface area contributed by atoms with Gasteiger partial charge in [-0.3, -0.25) is 9.59 Å². The van der Waals surface area contributed by atoms with Gasteiger partial charge in [0, 0.05) is 43.6 Å². The molecule has 1 fully saturated rings. The summed E-state index contributed by atoms with van der Waals surface area (Å²) in [7, 11) is 0. The second-order valence-corrected chi connectivity index (χ2v) is 7.66. The zero-order valence-electron chi connectivity index (χ0n) is 17.4. The highest BCUT2D eigenvalue weighted by Gasteiger charge is 2.21. The fourth-order valence-electron chi connectivity index (χ4n) is 3.72. The van der Waals surface area contributed by atoms with Crippen LogP contribution in [0.1, 0.15) is 15.9 Å². The molecule has 32 heavy (non-hydrogen) atoms. The van der Waals surface area contributed by atoms with Crippen molar-refractivity contribution >= 4 is 23.2 Å². The summed E-state index contributed by atoms with van der Waals surface area (Å²) < 4.78 is 26.8. The molecule has 1 aliphatic rings. The first kappa shape index (κ1) is 21.5. The third kappa shape index (κ3) is 5.11. The third-order valence-electron chi connectivity index (χ3n) is 5.50. The molecule has 2 amide bonds. The predicted octanol–water partition coefficient (Wildman–Crippen LogP) is 4.11. The molecule has 0 radical (unpaired) electrons. The maximum atomic E-state index is 13.8. The molecule has 0 saturated carbocycles. The van der Waals surface area contributed by atoms with Crippen LogP contribution in [0.5, 0.6) is 0 Å². The molecule has 4 rings (SSSR count). The van der Waals surface area contributed by atoms with Crippen molar-refractivity contribution in [2.75, 3.05) is 36.4 Å². The van der Waals surface area contributed by atoms with Gasteiger partial charge in [0.05, 0.1) is 12.0 Å². The van der Waals surface area contributed by atoms with Crippen molar-refractivity contribution in [3.63, 3.8) is 0 Å².